The van der Waals surface area contributed by atoms with E-state index in [-0.39, 0.29) is 23.4 Å². The Morgan fingerprint density at radius 3 is 2.57 bits per heavy atom. The molecule has 2 atom stereocenters. The second kappa shape index (κ2) is 7.55. The average molecular weight is 422 g/mol. The number of pyridine rings is 1. The molecule has 1 saturated carbocycles. The lowest BCUT2D eigenvalue weighted by Gasteiger charge is -2.42. The van der Waals surface area contributed by atoms with E-state index in [0.717, 1.165) is 49.5 Å². The number of piperidine rings is 1. The van der Waals surface area contributed by atoms with Gasteiger partial charge in [-0.15, -0.1) is 0 Å². The van der Waals surface area contributed by atoms with Crippen LogP contribution < -0.4 is 22.1 Å². The normalized spacial score (nSPS) is 24.0. The number of nitrogens with two attached hydrogens (primary N) is 3. The van der Waals surface area contributed by atoms with E-state index >= 15 is 0 Å². The SMILES string of the molecule is Nc1nc(N2CCC3(CCC(O)C3N)CC2)cnc1Sc1ccnc(N)c1Cl. The van der Waals surface area contributed by atoms with E-state index in [4.69, 9.17) is 28.8 Å². The number of aromatic nitrogens is 3. The van der Waals surface area contributed by atoms with E-state index in [9.17, 15) is 5.11 Å². The predicted molar refractivity (Wildman–Crippen MR) is 111 cm³/mol. The van der Waals surface area contributed by atoms with Crippen molar-refractivity contribution in [3.05, 3.63) is 23.5 Å². The fourth-order valence-electron chi connectivity index (χ4n) is 4.19. The van der Waals surface area contributed by atoms with Gasteiger partial charge in [0.05, 0.1) is 17.3 Å². The highest BCUT2D eigenvalue weighted by atomic mass is 35.5. The number of aliphatic hydroxyl groups excluding tert-OH is 1. The zero-order valence-corrected chi connectivity index (χ0v) is 17.0. The van der Waals surface area contributed by atoms with Gasteiger partial charge in [-0.1, -0.05) is 23.4 Å². The molecule has 0 aromatic carbocycles. The maximum Gasteiger partial charge on any atom is 0.158 e. The quantitative estimate of drug-likeness (QED) is 0.584. The van der Waals surface area contributed by atoms with E-state index in [1.165, 1.54) is 11.8 Å². The molecule has 4 rings (SSSR count). The highest BCUT2D eigenvalue weighted by Crippen LogP contribution is 2.46. The Morgan fingerprint density at radius 2 is 1.93 bits per heavy atom. The molecule has 28 heavy (non-hydrogen) atoms. The highest BCUT2D eigenvalue weighted by Gasteiger charge is 2.47. The Labute approximate surface area is 172 Å². The highest BCUT2D eigenvalue weighted by molar-refractivity contribution is 7.99. The van der Waals surface area contributed by atoms with Crippen LogP contribution in [0.3, 0.4) is 0 Å². The van der Waals surface area contributed by atoms with Gasteiger partial charge < -0.3 is 27.2 Å². The minimum absolute atomic E-state index is 0.0444. The Bertz CT molecular complexity index is 875. The molecule has 2 aromatic heterocycles. The third-order valence-electron chi connectivity index (χ3n) is 5.98. The number of anilines is 3. The maximum atomic E-state index is 10.0. The monoisotopic (exact) mass is 421 g/mol. The molecule has 7 N–H and O–H groups in total. The largest absolute Gasteiger partial charge is 0.391 e. The summed E-state index contributed by atoms with van der Waals surface area (Å²) in [6.45, 7) is 1.65. The second-order valence-electron chi connectivity index (χ2n) is 7.51. The summed E-state index contributed by atoms with van der Waals surface area (Å²) in [6, 6.07) is 1.63. The van der Waals surface area contributed by atoms with Crippen molar-refractivity contribution in [2.45, 2.75) is 47.8 Å². The molecule has 3 heterocycles. The van der Waals surface area contributed by atoms with E-state index in [1.807, 2.05) is 0 Å². The molecule has 0 bridgehead atoms. The molecule has 2 aromatic rings. The minimum atomic E-state index is -0.382. The van der Waals surface area contributed by atoms with Crippen LogP contribution in [0.1, 0.15) is 25.7 Å². The molecule has 2 unspecified atom stereocenters. The van der Waals surface area contributed by atoms with Crippen LogP contribution in [0.4, 0.5) is 17.5 Å². The summed E-state index contributed by atoms with van der Waals surface area (Å²) >= 11 is 7.51. The summed E-state index contributed by atoms with van der Waals surface area (Å²) in [7, 11) is 0. The molecule has 8 nitrogen and oxygen atoms in total. The smallest absolute Gasteiger partial charge is 0.158 e. The zero-order chi connectivity index (χ0) is 19.9. The van der Waals surface area contributed by atoms with E-state index < -0.39 is 0 Å². The van der Waals surface area contributed by atoms with Gasteiger partial charge in [0.2, 0.25) is 0 Å². The van der Waals surface area contributed by atoms with Crippen LogP contribution in [0.25, 0.3) is 0 Å². The van der Waals surface area contributed by atoms with Gasteiger partial charge in [-0.3, -0.25) is 0 Å². The molecule has 2 aliphatic rings. The Hall–Kier alpha value is -1.81. The number of aliphatic hydroxyl groups is 1. The first-order chi connectivity index (χ1) is 13.4. The number of rotatable bonds is 3. The van der Waals surface area contributed by atoms with Gasteiger partial charge in [-0.2, -0.15) is 0 Å². The average Bonchev–Trinajstić information content (AvgIpc) is 2.96. The van der Waals surface area contributed by atoms with Crippen LogP contribution in [-0.2, 0) is 0 Å². The lowest BCUT2D eigenvalue weighted by Crippen LogP contribution is -2.50. The standard InChI is InChI=1S/C18H24ClN7OS/c19-13-11(2-6-23-15(13)21)28-17-16(22)25-12(9-24-17)26-7-4-18(5-8-26)3-1-10(27)14(18)20/h2,6,9-10,14,27H,1,3-5,7-8,20H2,(H2,21,23)(H2,22,25). The third kappa shape index (κ3) is 3.47. The van der Waals surface area contributed by atoms with E-state index in [2.05, 4.69) is 19.9 Å². The second-order valence-corrected chi connectivity index (χ2v) is 8.92. The lowest BCUT2D eigenvalue weighted by molar-refractivity contribution is 0.113. The van der Waals surface area contributed by atoms with Crippen molar-refractivity contribution in [1.82, 2.24) is 15.0 Å². The van der Waals surface area contributed by atoms with Crippen molar-refractivity contribution in [3.8, 4) is 0 Å². The molecule has 1 spiro atoms. The van der Waals surface area contributed by atoms with Gasteiger partial charge >= 0.3 is 0 Å². The lowest BCUT2D eigenvalue weighted by atomic mass is 9.74. The molecule has 0 amide bonds. The van der Waals surface area contributed by atoms with Crippen molar-refractivity contribution in [3.63, 3.8) is 0 Å². The van der Waals surface area contributed by atoms with Crippen LogP contribution in [0, 0.1) is 5.41 Å². The summed E-state index contributed by atoms with van der Waals surface area (Å²) < 4.78 is 0. The van der Waals surface area contributed by atoms with Gasteiger partial charge in [-0.25, -0.2) is 15.0 Å². The van der Waals surface area contributed by atoms with Gasteiger partial charge in [0, 0.05) is 30.2 Å². The Balaban J connectivity index is 1.46. The van der Waals surface area contributed by atoms with Crippen LogP contribution in [0.15, 0.2) is 28.4 Å². The van der Waals surface area contributed by atoms with Crippen LogP contribution in [-0.4, -0.2) is 45.3 Å². The van der Waals surface area contributed by atoms with Gasteiger partial charge in [0.25, 0.3) is 0 Å². The van der Waals surface area contributed by atoms with Crippen molar-refractivity contribution < 1.29 is 5.11 Å². The maximum absolute atomic E-state index is 10.0. The molecular weight excluding hydrogens is 398 g/mol. The van der Waals surface area contributed by atoms with Crippen LogP contribution in [0.2, 0.25) is 5.02 Å². The molecule has 10 heteroatoms. The minimum Gasteiger partial charge on any atom is -0.391 e. The van der Waals surface area contributed by atoms with Crippen molar-refractivity contribution in [2.24, 2.45) is 11.1 Å². The first-order valence-electron chi connectivity index (χ1n) is 9.28. The molecule has 2 fully saturated rings. The molecule has 150 valence electrons. The Kier molecular flexibility index (Phi) is 5.26. The first-order valence-corrected chi connectivity index (χ1v) is 10.5. The van der Waals surface area contributed by atoms with E-state index in [0.29, 0.717) is 15.9 Å². The molecular formula is C18H24ClN7OS. The summed E-state index contributed by atoms with van der Waals surface area (Å²) in [5.41, 5.74) is 18.2. The summed E-state index contributed by atoms with van der Waals surface area (Å²) in [5.74, 6) is 1.37. The fraction of sp³-hybridized carbons (Fsp3) is 0.500. The zero-order valence-electron chi connectivity index (χ0n) is 15.4. The van der Waals surface area contributed by atoms with Gasteiger partial charge in [0.1, 0.15) is 16.7 Å². The van der Waals surface area contributed by atoms with Crippen LogP contribution >= 0.6 is 23.4 Å². The molecule has 1 saturated heterocycles. The first kappa shape index (κ1) is 19.5. The molecule has 1 aliphatic heterocycles. The number of hydrogen-bond donors (Lipinski definition) is 4. The van der Waals surface area contributed by atoms with E-state index in [1.54, 1.807) is 18.5 Å². The molecule has 1 aliphatic carbocycles. The van der Waals surface area contributed by atoms with Gasteiger partial charge in [-0.05, 0) is 37.2 Å². The topological polar surface area (TPSA) is 140 Å². The summed E-state index contributed by atoms with van der Waals surface area (Å²) in [4.78, 5) is 15.9. The predicted octanol–water partition coefficient (Wildman–Crippen LogP) is 1.91. The summed E-state index contributed by atoms with van der Waals surface area (Å²) in [6.07, 6.45) is 6.61. The number of nitrogen functional groups attached to an aromatic ring is 2. The fourth-order valence-corrected chi connectivity index (χ4v) is 5.21. The van der Waals surface area contributed by atoms with Crippen molar-refractivity contribution in [2.75, 3.05) is 29.5 Å². The van der Waals surface area contributed by atoms with Gasteiger partial charge in [0.15, 0.2) is 5.82 Å². The van der Waals surface area contributed by atoms with Crippen molar-refractivity contribution >= 4 is 40.8 Å². The number of halogens is 1. The molecule has 0 radical (unpaired) electrons. The number of hydrogen-bond acceptors (Lipinski definition) is 9. The third-order valence-corrected chi connectivity index (χ3v) is 7.56. The van der Waals surface area contributed by atoms with Crippen molar-refractivity contribution in [1.29, 1.82) is 0 Å². The van der Waals surface area contributed by atoms with Crippen LogP contribution in [0.5, 0.6) is 0 Å². The summed E-state index contributed by atoms with van der Waals surface area (Å²) in [5, 5.41) is 11.0. The Morgan fingerprint density at radius 1 is 1.18 bits per heavy atom. The number of nitrogens with zero attached hydrogens (tertiary/aromatic N) is 4.